The van der Waals surface area contributed by atoms with Crippen LogP contribution in [0.4, 0.5) is 4.39 Å². The average Bonchev–Trinajstić information content (AvgIpc) is 3.34. The van der Waals surface area contributed by atoms with Gasteiger partial charge in [-0.2, -0.15) is 0 Å². The number of ether oxygens (including phenoxy) is 1. The number of pyridine rings is 1. The van der Waals surface area contributed by atoms with Crippen molar-refractivity contribution in [3.05, 3.63) is 101 Å². The highest BCUT2D eigenvalue weighted by Crippen LogP contribution is 2.41. The molecule has 1 atom stereocenters. The Morgan fingerprint density at radius 3 is 2.68 bits per heavy atom. The summed E-state index contributed by atoms with van der Waals surface area (Å²) in [6, 6.07) is 21.0. The van der Waals surface area contributed by atoms with Crippen molar-refractivity contribution in [3.63, 3.8) is 0 Å². The minimum absolute atomic E-state index is 0.0375. The number of halogens is 1. The van der Waals surface area contributed by atoms with Gasteiger partial charge in [0.2, 0.25) is 5.91 Å². The van der Waals surface area contributed by atoms with E-state index in [1.54, 1.807) is 12.1 Å². The molecule has 0 spiro atoms. The predicted octanol–water partition coefficient (Wildman–Crippen LogP) is 5.53. The summed E-state index contributed by atoms with van der Waals surface area (Å²) in [4.78, 5) is 21.2. The van der Waals surface area contributed by atoms with Gasteiger partial charge in [-0.25, -0.2) is 4.39 Å². The summed E-state index contributed by atoms with van der Waals surface area (Å²) >= 11 is 0. The average molecular weight is 459 g/mol. The number of benzene rings is 2. The van der Waals surface area contributed by atoms with Crippen LogP contribution in [0.1, 0.15) is 59.8 Å². The van der Waals surface area contributed by atoms with Crippen LogP contribution < -0.4 is 0 Å². The van der Waals surface area contributed by atoms with Gasteiger partial charge in [-0.1, -0.05) is 48.0 Å². The Labute approximate surface area is 200 Å². The van der Waals surface area contributed by atoms with Crippen LogP contribution in [0.2, 0.25) is 0 Å². The Balaban J connectivity index is 1.43. The fraction of sp³-hybridized carbons (Fsp3) is 0.379. The first-order chi connectivity index (χ1) is 16.5. The summed E-state index contributed by atoms with van der Waals surface area (Å²) in [6.45, 7) is 4.01. The SMILES string of the molecule is Cc1cccc(C2(C(=O)N3CCCC3c3cccc(Cc4cccc(F)c4)n3)CCOCC2)c1. The Kier molecular flexibility index (Phi) is 6.46. The van der Waals surface area contributed by atoms with E-state index in [9.17, 15) is 9.18 Å². The first-order valence-electron chi connectivity index (χ1n) is 12.2. The lowest BCUT2D eigenvalue weighted by atomic mass is 9.72. The molecule has 2 saturated heterocycles. The summed E-state index contributed by atoms with van der Waals surface area (Å²) in [5.74, 6) is -0.0413. The molecule has 1 amide bonds. The summed E-state index contributed by atoms with van der Waals surface area (Å²) in [5.41, 5.74) is 4.42. The molecule has 5 heteroatoms. The Morgan fingerprint density at radius 1 is 1.09 bits per heavy atom. The van der Waals surface area contributed by atoms with Crippen LogP contribution in [0.15, 0.2) is 66.7 Å². The Bertz CT molecular complexity index is 1170. The number of hydrogen-bond acceptors (Lipinski definition) is 3. The van der Waals surface area contributed by atoms with Gasteiger partial charge in [0, 0.05) is 31.9 Å². The van der Waals surface area contributed by atoms with E-state index >= 15 is 0 Å². The predicted molar refractivity (Wildman–Crippen MR) is 130 cm³/mol. The van der Waals surface area contributed by atoms with Crippen molar-refractivity contribution in [3.8, 4) is 0 Å². The van der Waals surface area contributed by atoms with Gasteiger partial charge in [0.1, 0.15) is 5.82 Å². The van der Waals surface area contributed by atoms with Crippen LogP contribution in [0.3, 0.4) is 0 Å². The van der Waals surface area contributed by atoms with E-state index in [4.69, 9.17) is 9.72 Å². The minimum Gasteiger partial charge on any atom is -0.381 e. The van der Waals surface area contributed by atoms with Crippen LogP contribution in [0.25, 0.3) is 0 Å². The number of aryl methyl sites for hydroxylation is 1. The topological polar surface area (TPSA) is 42.4 Å². The molecule has 0 bridgehead atoms. The normalized spacial score (nSPS) is 19.8. The van der Waals surface area contributed by atoms with E-state index < -0.39 is 5.41 Å². The quantitative estimate of drug-likeness (QED) is 0.505. The number of carbonyl (C=O) groups excluding carboxylic acids is 1. The van der Waals surface area contributed by atoms with Crippen molar-refractivity contribution in [2.75, 3.05) is 19.8 Å². The molecular formula is C29H31FN2O2. The number of carbonyl (C=O) groups is 1. The van der Waals surface area contributed by atoms with Crippen LogP contribution >= 0.6 is 0 Å². The molecule has 4 nitrogen and oxygen atoms in total. The number of nitrogens with zero attached hydrogens (tertiary/aromatic N) is 2. The number of amides is 1. The highest BCUT2D eigenvalue weighted by molar-refractivity contribution is 5.89. The monoisotopic (exact) mass is 458 g/mol. The van der Waals surface area contributed by atoms with E-state index in [1.807, 2.05) is 30.3 Å². The second kappa shape index (κ2) is 9.67. The van der Waals surface area contributed by atoms with Gasteiger partial charge < -0.3 is 9.64 Å². The third kappa shape index (κ3) is 4.49. The largest absolute Gasteiger partial charge is 0.381 e. The molecule has 3 aromatic rings. The van der Waals surface area contributed by atoms with Gasteiger partial charge in [0.05, 0.1) is 17.2 Å². The third-order valence-electron chi connectivity index (χ3n) is 7.28. The highest BCUT2D eigenvalue weighted by Gasteiger charge is 2.47. The molecule has 0 saturated carbocycles. The van der Waals surface area contributed by atoms with Gasteiger partial charge >= 0.3 is 0 Å². The van der Waals surface area contributed by atoms with Crippen molar-refractivity contribution in [2.45, 2.75) is 50.5 Å². The molecule has 3 heterocycles. The Morgan fingerprint density at radius 2 is 1.88 bits per heavy atom. The molecule has 2 aliphatic rings. The molecule has 2 fully saturated rings. The number of hydrogen-bond donors (Lipinski definition) is 0. The van der Waals surface area contributed by atoms with Crippen molar-refractivity contribution in [1.82, 2.24) is 9.88 Å². The maximum atomic E-state index is 14.2. The van der Waals surface area contributed by atoms with Crippen molar-refractivity contribution in [1.29, 1.82) is 0 Å². The highest BCUT2D eigenvalue weighted by atomic mass is 19.1. The molecule has 34 heavy (non-hydrogen) atoms. The number of likely N-dealkylation sites (tertiary alicyclic amines) is 1. The molecular weight excluding hydrogens is 427 g/mol. The van der Waals surface area contributed by atoms with Gasteiger partial charge in [0.15, 0.2) is 0 Å². The molecule has 2 aliphatic heterocycles. The minimum atomic E-state index is -0.550. The van der Waals surface area contributed by atoms with E-state index in [2.05, 4.69) is 30.0 Å². The van der Waals surface area contributed by atoms with E-state index in [1.165, 1.54) is 11.6 Å². The standard InChI is InChI=1S/C29H31FN2O2/c1-21-6-2-8-23(18-21)29(13-16-34-17-14-29)28(33)32-15-5-12-27(32)26-11-4-10-25(31-26)20-22-7-3-9-24(30)19-22/h2-4,6-11,18-19,27H,5,12-17,20H2,1H3. The molecule has 1 unspecified atom stereocenters. The zero-order chi connectivity index (χ0) is 23.5. The Hall–Kier alpha value is -3.05. The van der Waals surface area contributed by atoms with E-state index in [-0.39, 0.29) is 17.8 Å². The van der Waals surface area contributed by atoms with Crippen LogP contribution in [-0.4, -0.2) is 35.5 Å². The summed E-state index contributed by atoms with van der Waals surface area (Å²) < 4.78 is 19.3. The summed E-state index contributed by atoms with van der Waals surface area (Å²) in [7, 11) is 0. The fourth-order valence-corrected chi connectivity index (χ4v) is 5.52. The summed E-state index contributed by atoms with van der Waals surface area (Å²) in [6.07, 6.45) is 3.84. The lowest BCUT2D eigenvalue weighted by molar-refractivity contribution is -0.142. The summed E-state index contributed by atoms with van der Waals surface area (Å²) in [5, 5.41) is 0. The smallest absolute Gasteiger partial charge is 0.233 e. The van der Waals surface area contributed by atoms with Crippen LogP contribution in [-0.2, 0) is 21.4 Å². The maximum Gasteiger partial charge on any atom is 0.233 e. The van der Waals surface area contributed by atoms with Gasteiger partial charge in [-0.05, 0) is 68.0 Å². The molecule has 5 rings (SSSR count). The number of rotatable bonds is 5. The first-order valence-corrected chi connectivity index (χ1v) is 12.2. The molecule has 0 radical (unpaired) electrons. The van der Waals surface area contributed by atoms with Crippen molar-refractivity contribution < 1.29 is 13.9 Å². The fourth-order valence-electron chi connectivity index (χ4n) is 5.52. The number of aromatic nitrogens is 1. The van der Waals surface area contributed by atoms with Gasteiger partial charge in [0.25, 0.3) is 0 Å². The van der Waals surface area contributed by atoms with Gasteiger partial charge in [-0.15, -0.1) is 0 Å². The van der Waals surface area contributed by atoms with E-state index in [0.29, 0.717) is 32.5 Å². The lowest BCUT2D eigenvalue weighted by Gasteiger charge is -2.41. The van der Waals surface area contributed by atoms with Crippen molar-refractivity contribution in [2.24, 2.45) is 0 Å². The van der Waals surface area contributed by atoms with Crippen molar-refractivity contribution >= 4 is 5.91 Å². The first kappa shape index (κ1) is 22.7. The zero-order valence-electron chi connectivity index (χ0n) is 19.7. The molecule has 176 valence electrons. The second-order valence-electron chi connectivity index (χ2n) is 9.58. The van der Waals surface area contributed by atoms with Crippen LogP contribution in [0, 0.1) is 12.7 Å². The van der Waals surface area contributed by atoms with Crippen LogP contribution in [0.5, 0.6) is 0 Å². The molecule has 2 aromatic carbocycles. The molecule has 1 aromatic heterocycles. The lowest BCUT2D eigenvalue weighted by Crippen LogP contribution is -2.49. The molecule has 0 N–H and O–H groups in total. The second-order valence-corrected chi connectivity index (χ2v) is 9.58. The molecule has 0 aliphatic carbocycles. The third-order valence-corrected chi connectivity index (χ3v) is 7.28. The zero-order valence-corrected chi connectivity index (χ0v) is 19.7. The maximum absolute atomic E-state index is 14.2. The van der Waals surface area contributed by atoms with Gasteiger partial charge in [-0.3, -0.25) is 9.78 Å². The van der Waals surface area contributed by atoms with E-state index in [0.717, 1.165) is 41.9 Å².